The summed E-state index contributed by atoms with van der Waals surface area (Å²) in [6, 6.07) is 0.721. The molecular formula is C10H22N2. The van der Waals surface area contributed by atoms with Gasteiger partial charge in [0, 0.05) is 19.1 Å². The first-order valence-corrected chi connectivity index (χ1v) is 5.14. The van der Waals surface area contributed by atoms with Crippen LogP contribution in [-0.4, -0.2) is 31.1 Å². The highest BCUT2D eigenvalue weighted by molar-refractivity contribution is 4.75. The van der Waals surface area contributed by atoms with Crippen LogP contribution >= 0.6 is 0 Å². The van der Waals surface area contributed by atoms with Gasteiger partial charge >= 0.3 is 0 Å². The van der Waals surface area contributed by atoms with Crippen molar-refractivity contribution in [2.45, 2.75) is 38.6 Å². The fraction of sp³-hybridized carbons (Fsp3) is 1.00. The van der Waals surface area contributed by atoms with Crippen LogP contribution in [0.2, 0.25) is 0 Å². The van der Waals surface area contributed by atoms with Crippen molar-refractivity contribution in [3.05, 3.63) is 0 Å². The molecule has 12 heavy (non-hydrogen) atoms. The fourth-order valence-electron chi connectivity index (χ4n) is 1.81. The summed E-state index contributed by atoms with van der Waals surface area (Å²) in [5.74, 6) is 1.01. The second-order valence-corrected chi connectivity index (χ2v) is 4.15. The molecule has 1 saturated carbocycles. The van der Waals surface area contributed by atoms with Crippen LogP contribution < -0.4 is 5.73 Å². The Hall–Kier alpha value is -0.0800. The van der Waals surface area contributed by atoms with E-state index in [2.05, 4.69) is 18.9 Å². The smallest absolute Gasteiger partial charge is 0.0104 e. The van der Waals surface area contributed by atoms with E-state index in [4.69, 9.17) is 5.73 Å². The maximum absolute atomic E-state index is 5.50. The van der Waals surface area contributed by atoms with E-state index in [9.17, 15) is 0 Å². The third-order valence-electron chi connectivity index (χ3n) is 3.13. The minimum Gasteiger partial charge on any atom is -0.329 e. The molecule has 0 heterocycles. The van der Waals surface area contributed by atoms with Crippen LogP contribution in [0.1, 0.15) is 32.6 Å². The molecule has 0 amide bonds. The SMILES string of the molecule is CC(CC1CCC1)N(C)CCN. The number of hydrogen-bond acceptors (Lipinski definition) is 2. The van der Waals surface area contributed by atoms with Gasteiger partial charge in [-0.3, -0.25) is 0 Å². The van der Waals surface area contributed by atoms with E-state index in [1.807, 2.05) is 0 Å². The van der Waals surface area contributed by atoms with Gasteiger partial charge in [0.1, 0.15) is 0 Å². The number of nitrogens with two attached hydrogens (primary N) is 1. The van der Waals surface area contributed by atoms with Crippen molar-refractivity contribution < 1.29 is 0 Å². The zero-order valence-electron chi connectivity index (χ0n) is 8.42. The van der Waals surface area contributed by atoms with E-state index in [-0.39, 0.29) is 0 Å². The van der Waals surface area contributed by atoms with E-state index in [0.717, 1.165) is 25.0 Å². The Morgan fingerprint density at radius 1 is 1.50 bits per heavy atom. The van der Waals surface area contributed by atoms with E-state index in [0.29, 0.717) is 0 Å². The average molecular weight is 170 g/mol. The second-order valence-electron chi connectivity index (χ2n) is 4.15. The van der Waals surface area contributed by atoms with Crippen LogP contribution in [0.3, 0.4) is 0 Å². The molecule has 1 aliphatic rings. The number of hydrogen-bond donors (Lipinski definition) is 1. The number of likely N-dealkylation sites (N-methyl/N-ethyl adjacent to an activating group) is 1. The molecular weight excluding hydrogens is 148 g/mol. The third-order valence-corrected chi connectivity index (χ3v) is 3.13. The molecule has 0 aromatic heterocycles. The highest BCUT2D eigenvalue weighted by Crippen LogP contribution is 2.31. The lowest BCUT2D eigenvalue weighted by atomic mass is 9.81. The summed E-state index contributed by atoms with van der Waals surface area (Å²) in [6.45, 7) is 4.13. The summed E-state index contributed by atoms with van der Waals surface area (Å²) in [7, 11) is 2.18. The summed E-state index contributed by atoms with van der Waals surface area (Å²) in [5, 5.41) is 0. The summed E-state index contributed by atoms with van der Waals surface area (Å²) in [5.41, 5.74) is 5.50. The predicted octanol–water partition coefficient (Wildman–Crippen LogP) is 1.46. The van der Waals surface area contributed by atoms with Gasteiger partial charge in [0.15, 0.2) is 0 Å². The zero-order chi connectivity index (χ0) is 8.97. The Kier molecular flexibility index (Phi) is 4.02. The first kappa shape index (κ1) is 10.0. The van der Waals surface area contributed by atoms with Crippen molar-refractivity contribution in [1.29, 1.82) is 0 Å². The molecule has 0 aromatic rings. The molecule has 0 spiro atoms. The van der Waals surface area contributed by atoms with Crippen LogP contribution in [0, 0.1) is 5.92 Å². The lowest BCUT2D eigenvalue weighted by molar-refractivity contribution is 0.185. The van der Waals surface area contributed by atoms with Crippen molar-refractivity contribution in [2.75, 3.05) is 20.1 Å². The molecule has 1 rings (SSSR count). The van der Waals surface area contributed by atoms with Gasteiger partial charge in [0.2, 0.25) is 0 Å². The average Bonchev–Trinajstić information content (AvgIpc) is 1.97. The lowest BCUT2D eigenvalue weighted by Gasteiger charge is -2.32. The molecule has 0 bridgehead atoms. The Bertz CT molecular complexity index is 121. The van der Waals surface area contributed by atoms with E-state index < -0.39 is 0 Å². The third kappa shape index (κ3) is 2.76. The van der Waals surface area contributed by atoms with Crippen molar-refractivity contribution in [3.63, 3.8) is 0 Å². The molecule has 0 aliphatic heterocycles. The van der Waals surface area contributed by atoms with Gasteiger partial charge in [-0.05, 0) is 26.3 Å². The standard InChI is InChI=1S/C10H22N2/c1-9(12(2)7-6-11)8-10-4-3-5-10/h9-10H,3-8,11H2,1-2H3. The Morgan fingerprint density at radius 2 is 2.17 bits per heavy atom. The highest BCUT2D eigenvalue weighted by atomic mass is 15.1. The monoisotopic (exact) mass is 170 g/mol. The van der Waals surface area contributed by atoms with E-state index in [1.165, 1.54) is 25.7 Å². The minimum atomic E-state index is 0.721. The number of nitrogens with zero attached hydrogens (tertiary/aromatic N) is 1. The van der Waals surface area contributed by atoms with Crippen LogP contribution in [0.25, 0.3) is 0 Å². The van der Waals surface area contributed by atoms with E-state index in [1.54, 1.807) is 0 Å². The van der Waals surface area contributed by atoms with Gasteiger partial charge in [-0.2, -0.15) is 0 Å². The molecule has 0 radical (unpaired) electrons. The summed E-state index contributed by atoms with van der Waals surface area (Å²) >= 11 is 0. The normalized spacial score (nSPS) is 21.0. The van der Waals surface area contributed by atoms with Crippen LogP contribution in [0.4, 0.5) is 0 Å². The van der Waals surface area contributed by atoms with Crippen molar-refractivity contribution in [1.82, 2.24) is 4.90 Å². The zero-order valence-corrected chi connectivity index (χ0v) is 8.42. The van der Waals surface area contributed by atoms with Gasteiger partial charge in [0.05, 0.1) is 0 Å². The molecule has 1 atom stereocenters. The summed E-state index contributed by atoms with van der Waals surface area (Å²) in [6.07, 6.45) is 5.75. The Morgan fingerprint density at radius 3 is 2.58 bits per heavy atom. The maximum Gasteiger partial charge on any atom is 0.0104 e. The van der Waals surface area contributed by atoms with Crippen molar-refractivity contribution >= 4 is 0 Å². The van der Waals surface area contributed by atoms with Crippen LogP contribution in [0.5, 0.6) is 0 Å². The number of rotatable bonds is 5. The molecule has 72 valence electrons. The first-order valence-electron chi connectivity index (χ1n) is 5.14. The second kappa shape index (κ2) is 4.83. The molecule has 2 heteroatoms. The first-order chi connectivity index (χ1) is 5.74. The quantitative estimate of drug-likeness (QED) is 0.677. The molecule has 1 fully saturated rings. The van der Waals surface area contributed by atoms with Gasteiger partial charge < -0.3 is 10.6 Å². The van der Waals surface area contributed by atoms with Crippen molar-refractivity contribution in [2.24, 2.45) is 11.7 Å². The Balaban J connectivity index is 2.12. The molecule has 1 unspecified atom stereocenters. The van der Waals surface area contributed by atoms with Crippen molar-refractivity contribution in [3.8, 4) is 0 Å². The van der Waals surface area contributed by atoms with Crippen LogP contribution in [-0.2, 0) is 0 Å². The topological polar surface area (TPSA) is 29.3 Å². The Labute approximate surface area is 76.1 Å². The minimum absolute atomic E-state index is 0.721. The molecule has 2 nitrogen and oxygen atoms in total. The molecule has 0 aromatic carbocycles. The summed E-state index contributed by atoms with van der Waals surface area (Å²) in [4.78, 5) is 2.37. The molecule has 0 saturated heterocycles. The van der Waals surface area contributed by atoms with Crippen LogP contribution in [0.15, 0.2) is 0 Å². The highest BCUT2D eigenvalue weighted by Gasteiger charge is 2.21. The van der Waals surface area contributed by atoms with Gasteiger partial charge in [-0.25, -0.2) is 0 Å². The lowest BCUT2D eigenvalue weighted by Crippen LogP contribution is -2.35. The maximum atomic E-state index is 5.50. The largest absolute Gasteiger partial charge is 0.329 e. The molecule has 1 aliphatic carbocycles. The summed E-state index contributed by atoms with van der Waals surface area (Å²) < 4.78 is 0. The van der Waals surface area contributed by atoms with Gasteiger partial charge in [-0.1, -0.05) is 19.3 Å². The van der Waals surface area contributed by atoms with Gasteiger partial charge in [-0.15, -0.1) is 0 Å². The van der Waals surface area contributed by atoms with E-state index >= 15 is 0 Å². The molecule has 2 N–H and O–H groups in total. The fourth-order valence-corrected chi connectivity index (χ4v) is 1.81. The predicted molar refractivity (Wildman–Crippen MR) is 53.1 cm³/mol. The van der Waals surface area contributed by atoms with Gasteiger partial charge in [0.25, 0.3) is 0 Å².